The zero-order valence-corrected chi connectivity index (χ0v) is 15.8. The molecule has 0 amide bonds. The predicted octanol–water partition coefficient (Wildman–Crippen LogP) is 8.33. The summed E-state index contributed by atoms with van der Waals surface area (Å²) in [7, 11) is 0. The van der Waals surface area contributed by atoms with Crippen LogP contribution in [0.15, 0.2) is 0 Å². The molecule has 0 fully saturated rings. The number of rotatable bonds is 7. The van der Waals surface area contributed by atoms with Crippen LogP contribution in [0.5, 0.6) is 0 Å². The Morgan fingerprint density at radius 1 is 0.263 bits per heavy atom. The van der Waals surface area contributed by atoms with Crippen LogP contribution in [0.4, 0.5) is 114 Å². The Labute approximate surface area is 187 Å². The highest BCUT2D eigenvalue weighted by molar-refractivity contribution is 5.14. The van der Waals surface area contributed by atoms with Crippen LogP contribution in [0.2, 0.25) is 0 Å². The SMILES string of the molecule is FC(F)(F)C(F)(C(F)(F)F)C(F)(F)C(F)(F)C(F)(F)[N+](F)(F)C(F)(F)C(F)(F)C(F)(C(F)(F)F)C(F)(F)F. The highest BCUT2D eigenvalue weighted by Gasteiger charge is 3.04. The van der Waals surface area contributed by atoms with Crippen molar-refractivity contribution in [2.75, 3.05) is 0 Å². The van der Waals surface area contributed by atoms with E-state index >= 15 is 0 Å². The second-order valence-electron chi connectivity index (χ2n) is 6.63. The molecule has 27 heteroatoms. The van der Waals surface area contributed by atoms with Gasteiger partial charge in [-0.3, -0.25) is 0 Å². The van der Waals surface area contributed by atoms with Crippen molar-refractivity contribution in [1.29, 1.82) is 0 Å². The zero-order valence-electron chi connectivity index (χ0n) is 15.8. The summed E-state index contributed by atoms with van der Waals surface area (Å²) in [5.74, 6) is -28.9. The smallest absolute Gasteiger partial charge is 0.216 e. The molecule has 0 saturated carbocycles. The number of hydrogen-bond donors (Lipinski definition) is 0. The number of hydrogen-bond acceptors (Lipinski definition) is 0. The van der Waals surface area contributed by atoms with Crippen LogP contribution in [0.3, 0.4) is 0 Å². The molecule has 0 aliphatic rings. The first kappa shape index (κ1) is 36.1. The maximum atomic E-state index is 13.4. The summed E-state index contributed by atoms with van der Waals surface area (Å²) >= 11 is 0. The number of quaternary nitrogens is 1. The van der Waals surface area contributed by atoms with Gasteiger partial charge in [-0.05, 0) is 0 Å². The molecule has 0 radical (unpaired) electrons. The van der Waals surface area contributed by atoms with E-state index in [0.29, 0.717) is 0 Å². The Kier molecular flexibility index (Phi) is 7.92. The first-order valence-corrected chi connectivity index (χ1v) is 7.57. The van der Waals surface area contributed by atoms with Gasteiger partial charge in [0.2, 0.25) is 0 Å². The van der Waals surface area contributed by atoms with Crippen LogP contribution in [0, 0.1) is 0 Å². The average molecular weight is 640 g/mol. The average Bonchev–Trinajstić information content (AvgIpc) is 2.61. The molecule has 0 aliphatic heterocycles. The third-order valence-corrected chi connectivity index (χ3v) is 4.28. The lowest BCUT2D eigenvalue weighted by Crippen LogP contribution is -2.81. The van der Waals surface area contributed by atoms with E-state index in [0.717, 1.165) is 0 Å². The fourth-order valence-corrected chi connectivity index (χ4v) is 2.17. The normalized spacial score (nSPS) is 17.2. The summed E-state index contributed by atoms with van der Waals surface area (Å²) in [6.07, 6.45) is -34.6. The van der Waals surface area contributed by atoms with Crippen LogP contribution in [0.25, 0.3) is 0 Å². The highest BCUT2D eigenvalue weighted by atomic mass is 19.5. The molecule has 0 saturated heterocycles. The van der Waals surface area contributed by atoms with Gasteiger partial charge in [-0.15, -0.1) is 17.6 Å². The lowest BCUT2D eigenvalue weighted by Gasteiger charge is -2.43. The maximum absolute atomic E-state index is 13.4. The van der Waals surface area contributed by atoms with Crippen molar-refractivity contribution in [1.82, 2.24) is 0 Å². The minimum absolute atomic E-state index is 8.65. The summed E-state index contributed by atoms with van der Waals surface area (Å²) in [6.45, 7) is 0. The Morgan fingerprint density at radius 3 is 0.658 bits per heavy atom. The van der Waals surface area contributed by atoms with Crippen LogP contribution in [-0.2, 0) is 0 Å². The standard InChI is InChI=1S/C11F26N/c12-1(6(20,21)22,7(23,24)25)3(14,15)5(18,19)11(34,35)38(36,37)10(32,33)4(16,17)2(13,8(26,27)28)9(29,30)31/q+1. The van der Waals surface area contributed by atoms with E-state index in [-0.39, 0.29) is 0 Å². The molecule has 0 N–H and O–H groups in total. The fraction of sp³-hybridized carbons (Fsp3) is 1.00. The van der Waals surface area contributed by atoms with Gasteiger partial charge in [0.1, 0.15) is 0 Å². The molecule has 0 rings (SSSR count). The van der Waals surface area contributed by atoms with Gasteiger partial charge in [0.05, 0.1) is 8.96 Å². The molecule has 38 heavy (non-hydrogen) atoms. The topological polar surface area (TPSA) is 0 Å². The van der Waals surface area contributed by atoms with Crippen molar-refractivity contribution in [3.05, 3.63) is 0 Å². The van der Waals surface area contributed by atoms with Crippen molar-refractivity contribution in [3.63, 3.8) is 0 Å². The van der Waals surface area contributed by atoms with Crippen molar-refractivity contribution in [3.8, 4) is 0 Å². The third-order valence-electron chi connectivity index (χ3n) is 4.28. The number of nitrogens with zero attached hydrogens (tertiary/aromatic N) is 1. The summed E-state index contributed by atoms with van der Waals surface area (Å²) in [6, 6.07) is -19.6. The highest BCUT2D eigenvalue weighted by Crippen LogP contribution is 2.67. The van der Waals surface area contributed by atoms with Gasteiger partial charge in [-0.2, -0.15) is 79.0 Å². The molecular weight excluding hydrogens is 640 g/mol. The second kappa shape index (κ2) is 8.33. The molecule has 0 atom stereocenters. The number of alkyl halides is 24. The van der Waals surface area contributed by atoms with Gasteiger partial charge in [-0.1, -0.05) is 0 Å². The van der Waals surface area contributed by atoms with Crippen LogP contribution in [-0.4, -0.2) is 70.8 Å². The first-order chi connectivity index (χ1) is 15.8. The quantitative estimate of drug-likeness (QED) is 0.149. The van der Waals surface area contributed by atoms with Crippen LogP contribution < -0.4 is 0 Å². The lowest BCUT2D eigenvalue weighted by atomic mass is 9.88. The van der Waals surface area contributed by atoms with Gasteiger partial charge < -0.3 is 0 Å². The van der Waals surface area contributed by atoms with E-state index in [4.69, 9.17) is 0 Å². The lowest BCUT2D eigenvalue weighted by molar-refractivity contribution is -1.28. The molecule has 0 aromatic rings. The van der Waals surface area contributed by atoms with E-state index in [1.54, 1.807) is 0 Å². The molecular formula is C11F26N+. The third kappa shape index (κ3) is 3.97. The Morgan fingerprint density at radius 2 is 0.447 bits per heavy atom. The molecule has 0 aliphatic carbocycles. The van der Waals surface area contributed by atoms with Gasteiger partial charge in [0, 0.05) is 0 Å². The Balaban J connectivity index is 7.60. The van der Waals surface area contributed by atoms with E-state index in [9.17, 15) is 114 Å². The first-order valence-electron chi connectivity index (χ1n) is 7.57. The molecule has 0 aromatic heterocycles. The van der Waals surface area contributed by atoms with E-state index in [1.807, 2.05) is 0 Å². The summed E-state index contributed by atoms with van der Waals surface area (Å²) in [4.78, 5) is -8.85. The van der Waals surface area contributed by atoms with E-state index < -0.39 is 70.8 Å². The van der Waals surface area contributed by atoms with Crippen LogP contribution in [0.1, 0.15) is 0 Å². The molecule has 1 nitrogen and oxygen atoms in total. The molecule has 0 aromatic carbocycles. The van der Waals surface area contributed by atoms with Gasteiger partial charge in [0.15, 0.2) is 4.93 Å². The molecule has 0 spiro atoms. The van der Waals surface area contributed by atoms with E-state index in [2.05, 4.69) is 0 Å². The molecule has 230 valence electrons. The Hall–Kier alpha value is -1.86. The van der Waals surface area contributed by atoms with Crippen molar-refractivity contribution >= 4 is 0 Å². The predicted molar refractivity (Wildman–Crippen MR) is 59.1 cm³/mol. The van der Waals surface area contributed by atoms with Gasteiger partial charge in [0.25, 0.3) is 0 Å². The monoisotopic (exact) mass is 640 g/mol. The maximum Gasteiger partial charge on any atom is 0.540 e. The summed E-state index contributed by atoms with van der Waals surface area (Å²) in [5, 5.41) is 0. The molecule has 0 unspecified atom stereocenters. The van der Waals surface area contributed by atoms with Gasteiger partial charge in [-0.25, -0.2) is 8.78 Å². The Bertz CT molecular complexity index is 762. The largest absolute Gasteiger partial charge is 0.540 e. The van der Waals surface area contributed by atoms with Crippen LogP contribution >= 0.6 is 0 Å². The summed E-state index contributed by atoms with van der Waals surface area (Å²) < 4.78 is 334. The van der Waals surface area contributed by atoms with Crippen molar-refractivity contribution < 1.29 is 119 Å². The molecule has 0 heterocycles. The molecule has 0 bridgehead atoms. The minimum atomic E-state index is -9.82. The zero-order chi connectivity index (χ0) is 32.0. The minimum Gasteiger partial charge on any atom is -0.216 e. The van der Waals surface area contributed by atoms with Crippen molar-refractivity contribution in [2.24, 2.45) is 0 Å². The summed E-state index contributed by atoms with van der Waals surface area (Å²) in [5.41, 5.74) is -18.4. The van der Waals surface area contributed by atoms with Gasteiger partial charge >= 0.3 is 65.9 Å². The van der Waals surface area contributed by atoms with E-state index in [1.165, 1.54) is 0 Å². The fourth-order valence-electron chi connectivity index (χ4n) is 2.17. The second-order valence-corrected chi connectivity index (χ2v) is 6.63. The number of halogens is 26. The van der Waals surface area contributed by atoms with Crippen molar-refractivity contribution in [2.45, 2.75) is 65.9 Å².